The largest absolute Gasteiger partial charge is 0 e. The van der Waals surface area contributed by atoms with Gasteiger partial charge in [0.1, 0.15) is 0 Å². The molecule has 0 heterocycles. The van der Waals surface area contributed by atoms with E-state index in [2.05, 4.69) is 0 Å². The molecule has 0 bridgehead atoms. The molecule has 0 spiro atoms. The van der Waals surface area contributed by atoms with Gasteiger partial charge in [0.25, 0.3) is 0 Å². The number of hydrogen-bond donors (Lipinski definition) is 2. The monoisotopic (exact) mass is 376 g/mol. The van der Waals surface area contributed by atoms with Gasteiger partial charge in [0.15, 0.2) is 0 Å². The standard InChI is InChI=1S/Hf.H2O4Te/c;1-5(2,3)4/h;(H2,1,2,3,4). The fourth-order valence-electron chi connectivity index (χ4n) is 0. The van der Waals surface area contributed by atoms with Gasteiger partial charge in [-0.3, -0.25) is 0 Å². The van der Waals surface area contributed by atoms with Crippen LogP contribution in [0.3, 0.4) is 0 Å². The van der Waals surface area contributed by atoms with Crippen molar-refractivity contribution in [1.82, 2.24) is 0 Å². The number of hydrogen-bond acceptors (Lipinski definition) is 2. The van der Waals surface area contributed by atoms with E-state index in [0.717, 1.165) is 0 Å². The van der Waals surface area contributed by atoms with Gasteiger partial charge in [0.2, 0.25) is 0 Å². The van der Waals surface area contributed by atoms with Gasteiger partial charge in [-0.15, -0.1) is 0 Å². The van der Waals surface area contributed by atoms with Gasteiger partial charge in [-0.2, -0.15) is 0 Å². The van der Waals surface area contributed by atoms with Gasteiger partial charge in [0.05, 0.1) is 0 Å². The molecule has 0 aliphatic heterocycles. The smallest absolute Gasteiger partial charge is 0 e. The van der Waals surface area contributed by atoms with Crippen molar-refractivity contribution in [2.24, 2.45) is 0 Å². The minimum atomic E-state index is -5.52. The summed E-state index contributed by atoms with van der Waals surface area (Å²) in [5, 5.41) is 0. The van der Waals surface area contributed by atoms with E-state index < -0.39 is 19.0 Å². The molecule has 6 heavy (non-hydrogen) atoms. The predicted octanol–water partition coefficient (Wildman–Crippen LogP) is -1.73. The Kier molecular flexibility index (Phi) is 5.48. The summed E-state index contributed by atoms with van der Waals surface area (Å²) in [6, 6.07) is 0. The second kappa shape index (κ2) is 3.22. The Morgan fingerprint density at radius 2 is 1.17 bits per heavy atom. The van der Waals surface area contributed by atoms with E-state index in [1.165, 1.54) is 0 Å². The first-order valence-corrected chi connectivity index (χ1v) is 4.69. The van der Waals surface area contributed by atoms with Crippen molar-refractivity contribution in [3.63, 3.8) is 0 Å². The van der Waals surface area contributed by atoms with E-state index >= 15 is 0 Å². The van der Waals surface area contributed by atoms with Crippen molar-refractivity contribution in [2.45, 2.75) is 0 Å². The molecule has 0 amide bonds. The zero-order chi connectivity index (χ0) is 4.50. The molecule has 36 valence electrons. The minimum Gasteiger partial charge on any atom is 0 e. The molecule has 2 N–H and O–H groups in total. The third-order valence-corrected chi connectivity index (χ3v) is 0. The van der Waals surface area contributed by atoms with Crippen LogP contribution >= 0.6 is 0 Å². The maximum atomic E-state index is 8.85. The normalized spacial score (nSPS) is 9.67. The third kappa shape index (κ3) is 65.0. The van der Waals surface area contributed by atoms with Crippen LogP contribution in [0.15, 0.2) is 0 Å². The molecule has 0 saturated carbocycles. The summed E-state index contributed by atoms with van der Waals surface area (Å²) in [6.07, 6.45) is 0. The molecular weight excluding hydrogens is 370 g/mol. The molecule has 0 aromatic rings. The molecule has 0 saturated heterocycles. The summed E-state index contributed by atoms with van der Waals surface area (Å²) >= 11 is -5.52. The molecule has 0 fully saturated rings. The van der Waals surface area contributed by atoms with E-state index in [9.17, 15) is 0 Å². The first-order chi connectivity index (χ1) is 2.00. The van der Waals surface area contributed by atoms with Gasteiger partial charge in [0, 0.05) is 25.8 Å². The summed E-state index contributed by atoms with van der Waals surface area (Å²) in [6.45, 7) is 0. The van der Waals surface area contributed by atoms with E-state index in [0.29, 0.717) is 0 Å². The van der Waals surface area contributed by atoms with Crippen LogP contribution in [0.5, 0.6) is 0 Å². The molecule has 0 rings (SSSR count). The average Bonchev–Trinajstić information content (AvgIpc) is 0.722. The maximum absolute atomic E-state index is 8.85. The van der Waals surface area contributed by atoms with Crippen LogP contribution in [0.1, 0.15) is 0 Å². The van der Waals surface area contributed by atoms with Crippen molar-refractivity contribution < 1.29 is 39.0 Å². The van der Waals surface area contributed by atoms with Crippen molar-refractivity contribution in [3.05, 3.63) is 0 Å². The Morgan fingerprint density at radius 1 is 1.17 bits per heavy atom. The Balaban J connectivity index is 0. The van der Waals surface area contributed by atoms with Crippen LogP contribution in [0.2, 0.25) is 0 Å². The van der Waals surface area contributed by atoms with Crippen molar-refractivity contribution in [2.75, 3.05) is 0 Å². The maximum Gasteiger partial charge on any atom is 0 e. The van der Waals surface area contributed by atoms with Crippen LogP contribution in [0.25, 0.3) is 0 Å². The van der Waals surface area contributed by atoms with Gasteiger partial charge in [-0.1, -0.05) is 0 Å². The first-order valence-electron chi connectivity index (χ1n) is 0.698. The van der Waals surface area contributed by atoms with Gasteiger partial charge < -0.3 is 0 Å². The Bertz CT molecular complexity index is 90.7. The summed E-state index contributed by atoms with van der Waals surface area (Å²) in [4.78, 5) is 0. The molecule has 0 aliphatic carbocycles. The molecule has 0 atom stereocenters. The summed E-state index contributed by atoms with van der Waals surface area (Å²) in [7, 11) is 0. The Labute approximate surface area is 57.6 Å². The quantitative estimate of drug-likeness (QED) is 0.496. The van der Waals surface area contributed by atoms with E-state index in [4.69, 9.17) is 13.2 Å². The van der Waals surface area contributed by atoms with Crippen molar-refractivity contribution in [1.29, 1.82) is 0 Å². The topological polar surface area (TPSA) is 74.6 Å². The molecule has 0 aliphatic rings. The van der Waals surface area contributed by atoms with E-state index in [-0.39, 0.29) is 25.8 Å². The van der Waals surface area contributed by atoms with Crippen molar-refractivity contribution in [3.8, 4) is 0 Å². The Hall–Kier alpha value is 1.18. The molecule has 6 heteroatoms. The molecule has 0 unspecified atom stereocenters. The minimum absolute atomic E-state index is 0. The first kappa shape index (κ1) is 10.2. The third-order valence-electron chi connectivity index (χ3n) is 0. The van der Waals surface area contributed by atoms with Crippen LogP contribution < -0.4 is 0 Å². The number of rotatable bonds is 0. The second-order valence-corrected chi connectivity index (χ2v) is 3.00. The van der Waals surface area contributed by atoms with E-state index in [1.807, 2.05) is 0 Å². The van der Waals surface area contributed by atoms with Crippen LogP contribution in [0, 0.1) is 0 Å². The molecule has 4 nitrogen and oxygen atoms in total. The zero-order valence-corrected chi connectivity index (χ0v) is 8.54. The second-order valence-electron chi connectivity index (χ2n) is 0.448. The fourth-order valence-corrected chi connectivity index (χ4v) is 0. The molecule has 0 aromatic heterocycles. The fraction of sp³-hybridized carbons (Fsp3) is 0. The van der Waals surface area contributed by atoms with Gasteiger partial charge in [-0.25, -0.2) is 0 Å². The molecule has 0 radical (unpaired) electrons. The molecule has 0 aromatic carbocycles. The summed E-state index contributed by atoms with van der Waals surface area (Å²) < 4.78 is 32.0. The SMILES string of the molecule is O=[Te](=O)(O)O.[Hf]. The molecular formula is H2HfO4Te. The average molecular weight is 372 g/mol. The van der Waals surface area contributed by atoms with Crippen LogP contribution in [0.4, 0.5) is 0 Å². The zero-order valence-electron chi connectivity index (χ0n) is 2.62. The predicted molar refractivity (Wildman–Crippen MR) is 11.6 cm³/mol. The van der Waals surface area contributed by atoms with Crippen LogP contribution in [-0.4, -0.2) is 25.9 Å². The van der Waals surface area contributed by atoms with Crippen molar-refractivity contribution >= 4 is 19.0 Å². The summed E-state index contributed by atoms with van der Waals surface area (Å²) in [5.41, 5.74) is 0. The van der Waals surface area contributed by atoms with Gasteiger partial charge >= 0.3 is 32.1 Å². The van der Waals surface area contributed by atoms with Crippen LogP contribution in [-0.2, 0) is 32.1 Å². The Morgan fingerprint density at radius 3 is 1.17 bits per heavy atom. The van der Waals surface area contributed by atoms with E-state index in [1.54, 1.807) is 0 Å². The van der Waals surface area contributed by atoms with Gasteiger partial charge in [-0.05, 0) is 0 Å². The summed E-state index contributed by atoms with van der Waals surface area (Å²) in [5.74, 6) is 0.